The van der Waals surface area contributed by atoms with Gasteiger partial charge in [0.1, 0.15) is 11.5 Å². The second-order valence-corrected chi connectivity index (χ2v) is 9.77. The molecule has 1 aliphatic carbocycles. The molecule has 2 atom stereocenters. The van der Waals surface area contributed by atoms with Gasteiger partial charge in [-0.15, -0.1) is 0 Å². The number of amides is 1. The Balaban J connectivity index is 1.42. The summed E-state index contributed by atoms with van der Waals surface area (Å²) in [6.45, 7) is -0.560. The van der Waals surface area contributed by atoms with Gasteiger partial charge in [-0.05, 0) is 72.4 Å². The van der Waals surface area contributed by atoms with E-state index < -0.39 is 23.4 Å². The van der Waals surface area contributed by atoms with Crippen molar-refractivity contribution in [3.8, 4) is 11.5 Å². The molecule has 2 unspecified atom stereocenters. The normalized spacial score (nSPS) is 18.8. The monoisotopic (exact) mass is 555 g/mol. The van der Waals surface area contributed by atoms with Crippen molar-refractivity contribution in [1.29, 1.82) is 0 Å². The van der Waals surface area contributed by atoms with Crippen molar-refractivity contribution in [2.45, 2.75) is 25.3 Å². The van der Waals surface area contributed by atoms with E-state index in [0.29, 0.717) is 5.75 Å². The average molecular weight is 556 g/mol. The first-order chi connectivity index (χ1) is 19.9. The highest BCUT2D eigenvalue weighted by Gasteiger charge is 2.44. The van der Waals surface area contributed by atoms with Crippen molar-refractivity contribution in [3.05, 3.63) is 105 Å². The number of methoxy groups -OCH3 is 2. The molecule has 0 N–H and O–H groups in total. The number of carbonyl (C=O) groups is 2. The number of non-ortho nitro benzene ring substituents is 1. The molecule has 0 saturated heterocycles. The minimum Gasteiger partial charge on any atom is -0.497 e. The number of fused-ring (bicyclic) bond motifs is 1. The number of nitro groups is 1. The predicted molar refractivity (Wildman–Crippen MR) is 152 cm³/mol. The third kappa shape index (κ3) is 5.96. The topological polar surface area (TPSA) is 121 Å². The predicted octanol–water partition coefficient (Wildman–Crippen LogP) is 5.59. The van der Waals surface area contributed by atoms with Crippen LogP contribution in [-0.4, -0.2) is 48.3 Å². The maximum Gasteiger partial charge on any atom is 0.338 e. The van der Waals surface area contributed by atoms with E-state index in [2.05, 4.69) is 6.08 Å². The molecule has 0 radical (unpaired) electrons. The van der Waals surface area contributed by atoms with Crippen LogP contribution in [0.2, 0.25) is 0 Å². The Labute approximate surface area is 237 Å². The van der Waals surface area contributed by atoms with Gasteiger partial charge in [-0.3, -0.25) is 14.9 Å². The molecule has 10 heteroatoms. The van der Waals surface area contributed by atoms with E-state index in [0.717, 1.165) is 53.5 Å². The average Bonchev–Trinajstić information content (AvgIpc) is 3.41. The molecule has 0 spiro atoms. The Kier molecular flexibility index (Phi) is 8.09. The van der Waals surface area contributed by atoms with Crippen molar-refractivity contribution in [2.75, 3.05) is 20.8 Å². The van der Waals surface area contributed by atoms with E-state index in [1.807, 2.05) is 48.5 Å². The van der Waals surface area contributed by atoms with Gasteiger partial charge in [-0.1, -0.05) is 30.3 Å². The minimum absolute atomic E-state index is 0.00943. The van der Waals surface area contributed by atoms with Gasteiger partial charge < -0.3 is 14.2 Å². The van der Waals surface area contributed by atoms with Gasteiger partial charge in [0.15, 0.2) is 6.61 Å². The van der Waals surface area contributed by atoms with Gasteiger partial charge >= 0.3 is 5.97 Å². The van der Waals surface area contributed by atoms with Crippen molar-refractivity contribution in [3.63, 3.8) is 0 Å². The van der Waals surface area contributed by atoms with E-state index in [9.17, 15) is 19.7 Å². The third-order valence-electron chi connectivity index (χ3n) is 7.29. The van der Waals surface area contributed by atoms with Crippen molar-refractivity contribution in [1.82, 2.24) is 5.01 Å². The van der Waals surface area contributed by atoms with Gasteiger partial charge in [0.25, 0.3) is 11.6 Å². The molecule has 2 aliphatic rings. The maximum absolute atomic E-state index is 13.5. The molecule has 1 fully saturated rings. The number of allylic oxidation sites excluding steroid dienone is 1. The summed E-state index contributed by atoms with van der Waals surface area (Å²) < 4.78 is 15.9. The summed E-state index contributed by atoms with van der Waals surface area (Å²) in [5.41, 5.74) is 3.53. The first-order valence-corrected chi connectivity index (χ1v) is 13.2. The van der Waals surface area contributed by atoms with Crippen LogP contribution < -0.4 is 9.47 Å². The van der Waals surface area contributed by atoms with Crippen molar-refractivity contribution >= 4 is 29.4 Å². The number of hydrogen-bond donors (Lipinski definition) is 0. The van der Waals surface area contributed by atoms with Gasteiger partial charge in [-0.2, -0.15) is 5.10 Å². The fraction of sp³-hybridized carbons (Fsp3) is 0.258. The smallest absolute Gasteiger partial charge is 0.338 e. The highest BCUT2D eigenvalue weighted by atomic mass is 16.6. The molecule has 5 rings (SSSR count). The fourth-order valence-electron chi connectivity index (χ4n) is 5.27. The fourth-order valence-corrected chi connectivity index (χ4v) is 5.27. The number of benzene rings is 3. The summed E-state index contributed by atoms with van der Waals surface area (Å²) in [6, 6.07) is 20.1. The Morgan fingerprint density at radius 3 is 2.37 bits per heavy atom. The Bertz CT molecular complexity index is 1510. The van der Waals surface area contributed by atoms with E-state index in [1.165, 1.54) is 23.2 Å². The van der Waals surface area contributed by atoms with Gasteiger partial charge in [0, 0.05) is 18.1 Å². The van der Waals surface area contributed by atoms with Gasteiger partial charge in [0.05, 0.1) is 36.5 Å². The van der Waals surface area contributed by atoms with Crippen LogP contribution in [0.4, 0.5) is 5.69 Å². The van der Waals surface area contributed by atoms with Crippen molar-refractivity contribution in [2.24, 2.45) is 11.0 Å². The number of hydrogen-bond acceptors (Lipinski definition) is 8. The van der Waals surface area contributed by atoms with Crippen LogP contribution in [0.15, 0.2) is 83.5 Å². The zero-order valence-corrected chi connectivity index (χ0v) is 22.7. The van der Waals surface area contributed by atoms with Crippen LogP contribution >= 0.6 is 0 Å². The molecule has 1 heterocycles. The Morgan fingerprint density at radius 1 is 1.02 bits per heavy atom. The molecule has 1 amide bonds. The lowest BCUT2D eigenvalue weighted by molar-refractivity contribution is -0.384. The number of rotatable bonds is 8. The molecule has 210 valence electrons. The highest BCUT2D eigenvalue weighted by molar-refractivity contribution is 6.08. The van der Waals surface area contributed by atoms with E-state index in [1.54, 1.807) is 14.2 Å². The zero-order chi connectivity index (χ0) is 28.9. The van der Waals surface area contributed by atoms with Gasteiger partial charge in [0.2, 0.25) is 0 Å². The second kappa shape index (κ2) is 12.0. The number of ether oxygens (including phenoxy) is 3. The zero-order valence-electron chi connectivity index (χ0n) is 22.7. The summed E-state index contributed by atoms with van der Waals surface area (Å²) in [6.07, 6.45) is 4.68. The van der Waals surface area contributed by atoms with Crippen LogP contribution in [0.3, 0.4) is 0 Å². The molecule has 1 aliphatic heterocycles. The van der Waals surface area contributed by atoms with Crippen molar-refractivity contribution < 1.29 is 28.7 Å². The molecule has 3 aromatic carbocycles. The van der Waals surface area contributed by atoms with Crippen LogP contribution in [0.5, 0.6) is 11.5 Å². The minimum atomic E-state index is -0.826. The second-order valence-electron chi connectivity index (χ2n) is 9.77. The SMILES string of the molecule is COc1ccc(C=C2CCCC3C2=NN(C(=O)COC(=O)c2cccc([N+](=O)[O-])c2)C3c2ccc(OC)cc2)cc1. The maximum atomic E-state index is 13.5. The number of nitrogens with zero attached hydrogens (tertiary/aromatic N) is 3. The number of nitro benzene ring substituents is 1. The highest BCUT2D eigenvalue weighted by Crippen LogP contribution is 2.44. The largest absolute Gasteiger partial charge is 0.497 e. The van der Waals surface area contributed by atoms with Crippen LogP contribution in [0, 0.1) is 16.0 Å². The molecular formula is C31H29N3O7. The van der Waals surface area contributed by atoms with Crippen LogP contribution in [-0.2, 0) is 9.53 Å². The standard InChI is InChI=1S/C31H29N3O7/c1-39-25-13-9-20(10-14-25)17-22-5-4-8-27-29(22)32-33(30(27)21-11-15-26(40-2)16-12-21)28(35)19-41-31(36)23-6-3-7-24(18-23)34(37)38/h3,6-7,9-18,27,30H,4-5,8,19H2,1-2H3. The lowest BCUT2D eigenvalue weighted by atomic mass is 9.77. The molecule has 0 aromatic heterocycles. The molecule has 0 bridgehead atoms. The molecular weight excluding hydrogens is 526 g/mol. The summed E-state index contributed by atoms with van der Waals surface area (Å²) >= 11 is 0. The Hall–Kier alpha value is -4.99. The quantitative estimate of drug-likeness (QED) is 0.202. The van der Waals surface area contributed by atoms with Crippen LogP contribution in [0.1, 0.15) is 46.8 Å². The van der Waals surface area contributed by atoms with E-state index in [-0.39, 0.29) is 23.2 Å². The molecule has 1 saturated carbocycles. The first kappa shape index (κ1) is 27.6. The summed E-state index contributed by atoms with van der Waals surface area (Å²) in [4.78, 5) is 36.6. The lowest BCUT2D eigenvalue weighted by Gasteiger charge is -2.29. The van der Waals surface area contributed by atoms with Crippen LogP contribution in [0.25, 0.3) is 6.08 Å². The summed E-state index contributed by atoms with van der Waals surface area (Å²) in [7, 11) is 3.22. The van der Waals surface area contributed by atoms with Gasteiger partial charge in [-0.25, -0.2) is 9.80 Å². The molecule has 10 nitrogen and oxygen atoms in total. The lowest BCUT2D eigenvalue weighted by Crippen LogP contribution is -2.34. The Morgan fingerprint density at radius 2 is 1.71 bits per heavy atom. The third-order valence-corrected chi connectivity index (χ3v) is 7.29. The van der Waals surface area contributed by atoms with E-state index >= 15 is 0 Å². The molecule has 3 aromatic rings. The number of carbonyl (C=O) groups excluding carboxylic acids is 2. The summed E-state index contributed by atoms with van der Waals surface area (Å²) in [5, 5.41) is 17.3. The molecule has 41 heavy (non-hydrogen) atoms. The number of esters is 1. The summed E-state index contributed by atoms with van der Waals surface area (Å²) in [5.74, 6) is 0.101. The number of hydrazone groups is 1. The first-order valence-electron chi connectivity index (χ1n) is 13.2. The van der Waals surface area contributed by atoms with E-state index in [4.69, 9.17) is 19.3 Å².